The fraction of sp³-hybridized carbons (Fsp3) is 0.571. The predicted octanol–water partition coefficient (Wildman–Crippen LogP) is 2.61. The molecular formula is C14H19NO. The van der Waals surface area contributed by atoms with Crippen molar-refractivity contribution < 1.29 is 5.11 Å². The largest absolute Gasteiger partial charge is 0.507 e. The van der Waals surface area contributed by atoms with E-state index in [1.807, 2.05) is 0 Å². The Morgan fingerprint density at radius 3 is 2.56 bits per heavy atom. The van der Waals surface area contributed by atoms with Crippen molar-refractivity contribution in [1.82, 2.24) is 0 Å². The summed E-state index contributed by atoms with van der Waals surface area (Å²) in [5.41, 5.74) is 9.63. The summed E-state index contributed by atoms with van der Waals surface area (Å²) in [6.07, 6.45) is 7.70. The van der Waals surface area contributed by atoms with Crippen molar-refractivity contribution >= 4 is 0 Å². The van der Waals surface area contributed by atoms with Crippen LogP contribution in [0.25, 0.3) is 0 Å². The highest BCUT2D eigenvalue weighted by atomic mass is 16.3. The number of phenols is 1. The number of phenolic OH excluding ortho intramolecular Hbond substituents is 1. The molecule has 1 saturated carbocycles. The van der Waals surface area contributed by atoms with Crippen LogP contribution in [-0.2, 0) is 18.4 Å². The molecule has 2 heteroatoms. The molecule has 0 saturated heterocycles. The maximum absolute atomic E-state index is 10.4. The average Bonchev–Trinajstić information content (AvgIpc) is 2.87. The fourth-order valence-electron chi connectivity index (χ4n) is 3.32. The number of nitrogens with two attached hydrogens (primary N) is 1. The number of hydrogen-bond donors (Lipinski definition) is 2. The molecule has 3 N–H and O–H groups in total. The maximum atomic E-state index is 10.4. The zero-order chi connectivity index (χ0) is 11.2. The lowest BCUT2D eigenvalue weighted by molar-refractivity contribution is 0.406. The van der Waals surface area contributed by atoms with E-state index in [-0.39, 0.29) is 5.54 Å². The first-order valence-electron chi connectivity index (χ1n) is 6.34. The molecule has 0 bridgehead atoms. The Kier molecular flexibility index (Phi) is 2.21. The number of aryl methyl sites for hydroxylation is 1. The zero-order valence-corrected chi connectivity index (χ0v) is 9.63. The summed E-state index contributed by atoms with van der Waals surface area (Å²) in [4.78, 5) is 0. The van der Waals surface area contributed by atoms with E-state index in [9.17, 15) is 5.11 Å². The van der Waals surface area contributed by atoms with Crippen LogP contribution in [0.3, 0.4) is 0 Å². The minimum absolute atomic E-state index is 0.262. The molecule has 1 aromatic carbocycles. The Hall–Kier alpha value is -1.02. The van der Waals surface area contributed by atoms with Crippen molar-refractivity contribution in [3.05, 3.63) is 28.8 Å². The van der Waals surface area contributed by atoms with Crippen molar-refractivity contribution in [2.75, 3.05) is 0 Å². The van der Waals surface area contributed by atoms with Crippen molar-refractivity contribution in [3.8, 4) is 5.75 Å². The Balaban J connectivity index is 2.08. The second-order valence-electron chi connectivity index (χ2n) is 5.32. The molecule has 0 heterocycles. The second kappa shape index (κ2) is 3.49. The zero-order valence-electron chi connectivity index (χ0n) is 9.63. The third kappa shape index (κ3) is 1.36. The third-order valence-electron chi connectivity index (χ3n) is 4.28. The van der Waals surface area contributed by atoms with Gasteiger partial charge in [0.25, 0.3) is 0 Å². The van der Waals surface area contributed by atoms with Crippen LogP contribution >= 0.6 is 0 Å². The molecule has 0 amide bonds. The molecule has 0 atom stereocenters. The van der Waals surface area contributed by atoms with Crippen molar-refractivity contribution in [2.45, 2.75) is 50.5 Å². The number of fused-ring (bicyclic) bond motifs is 1. The van der Waals surface area contributed by atoms with E-state index in [0.29, 0.717) is 5.75 Å². The van der Waals surface area contributed by atoms with E-state index in [1.54, 1.807) is 0 Å². The molecule has 1 fully saturated rings. The number of rotatable bonds is 1. The smallest absolute Gasteiger partial charge is 0.124 e. The Morgan fingerprint density at radius 1 is 1.06 bits per heavy atom. The quantitative estimate of drug-likeness (QED) is 0.759. The lowest BCUT2D eigenvalue weighted by atomic mass is 9.86. The van der Waals surface area contributed by atoms with Crippen LogP contribution in [0.5, 0.6) is 5.75 Å². The summed E-state index contributed by atoms with van der Waals surface area (Å²) in [5.74, 6) is 0.499. The number of hydrogen-bond acceptors (Lipinski definition) is 2. The van der Waals surface area contributed by atoms with Gasteiger partial charge in [-0.3, -0.25) is 0 Å². The second-order valence-corrected chi connectivity index (χ2v) is 5.32. The first kappa shape index (κ1) is 10.2. The highest BCUT2D eigenvalue weighted by molar-refractivity contribution is 5.50. The molecule has 2 aliphatic carbocycles. The van der Waals surface area contributed by atoms with Gasteiger partial charge in [0.1, 0.15) is 5.75 Å². The normalized spacial score (nSPS) is 22.3. The molecule has 0 unspecified atom stereocenters. The summed E-state index contributed by atoms with van der Waals surface area (Å²) in [6.45, 7) is 0. The van der Waals surface area contributed by atoms with E-state index in [0.717, 1.165) is 36.8 Å². The van der Waals surface area contributed by atoms with Crippen LogP contribution in [-0.4, -0.2) is 5.11 Å². The van der Waals surface area contributed by atoms with Gasteiger partial charge in [0.2, 0.25) is 0 Å². The van der Waals surface area contributed by atoms with Crippen LogP contribution in [0, 0.1) is 0 Å². The Labute approximate surface area is 96.5 Å². The number of aromatic hydroxyl groups is 1. The van der Waals surface area contributed by atoms with Crippen molar-refractivity contribution in [3.63, 3.8) is 0 Å². The summed E-state index contributed by atoms with van der Waals surface area (Å²) in [7, 11) is 0. The van der Waals surface area contributed by atoms with Gasteiger partial charge in [-0.2, -0.15) is 0 Å². The van der Waals surface area contributed by atoms with Crippen molar-refractivity contribution in [2.24, 2.45) is 5.73 Å². The lowest BCUT2D eigenvalue weighted by Crippen LogP contribution is -2.33. The van der Waals surface area contributed by atoms with Gasteiger partial charge in [0.05, 0.1) is 0 Å². The van der Waals surface area contributed by atoms with Crippen LogP contribution < -0.4 is 5.73 Å². The first-order valence-corrected chi connectivity index (χ1v) is 6.34. The van der Waals surface area contributed by atoms with Crippen LogP contribution in [0.2, 0.25) is 0 Å². The van der Waals surface area contributed by atoms with Gasteiger partial charge >= 0.3 is 0 Å². The average molecular weight is 217 g/mol. The lowest BCUT2D eigenvalue weighted by Gasteiger charge is -2.26. The molecule has 0 aliphatic heterocycles. The molecule has 3 rings (SSSR count). The van der Waals surface area contributed by atoms with Gasteiger partial charge in [0, 0.05) is 11.1 Å². The van der Waals surface area contributed by atoms with E-state index < -0.39 is 0 Å². The van der Waals surface area contributed by atoms with Gasteiger partial charge in [0.15, 0.2) is 0 Å². The SMILES string of the molecule is NC1(c2ccc3c(c2O)CCC3)CCCC1. The van der Waals surface area contributed by atoms with E-state index in [2.05, 4.69) is 12.1 Å². The topological polar surface area (TPSA) is 46.2 Å². The maximum Gasteiger partial charge on any atom is 0.124 e. The molecule has 2 nitrogen and oxygen atoms in total. The highest BCUT2D eigenvalue weighted by Gasteiger charge is 2.34. The first-order chi connectivity index (χ1) is 7.71. The molecule has 0 radical (unpaired) electrons. The molecule has 1 aromatic rings. The molecule has 0 aromatic heterocycles. The van der Waals surface area contributed by atoms with Gasteiger partial charge in [-0.1, -0.05) is 25.0 Å². The summed E-state index contributed by atoms with van der Waals surface area (Å²) in [5, 5.41) is 10.4. The summed E-state index contributed by atoms with van der Waals surface area (Å²) in [6, 6.07) is 4.23. The van der Waals surface area contributed by atoms with Gasteiger partial charge in [-0.25, -0.2) is 0 Å². The van der Waals surface area contributed by atoms with Gasteiger partial charge in [-0.15, -0.1) is 0 Å². The monoisotopic (exact) mass is 217 g/mol. The van der Waals surface area contributed by atoms with E-state index in [4.69, 9.17) is 5.73 Å². The van der Waals surface area contributed by atoms with E-state index >= 15 is 0 Å². The minimum atomic E-state index is -0.262. The minimum Gasteiger partial charge on any atom is -0.507 e. The van der Waals surface area contributed by atoms with Crippen LogP contribution in [0.1, 0.15) is 48.8 Å². The molecule has 0 spiro atoms. The molecule has 16 heavy (non-hydrogen) atoms. The fourth-order valence-corrected chi connectivity index (χ4v) is 3.32. The highest BCUT2D eigenvalue weighted by Crippen LogP contribution is 2.43. The van der Waals surface area contributed by atoms with Crippen molar-refractivity contribution in [1.29, 1.82) is 0 Å². The van der Waals surface area contributed by atoms with Crippen LogP contribution in [0.15, 0.2) is 12.1 Å². The molecular weight excluding hydrogens is 198 g/mol. The van der Waals surface area contributed by atoms with E-state index in [1.165, 1.54) is 24.8 Å². The predicted molar refractivity (Wildman–Crippen MR) is 64.5 cm³/mol. The molecule has 86 valence electrons. The standard InChI is InChI=1S/C14H19NO/c15-14(8-1-2-9-14)12-7-6-10-4-3-5-11(10)13(12)16/h6-7,16H,1-5,8-9,15H2. The van der Waals surface area contributed by atoms with Crippen LogP contribution in [0.4, 0.5) is 0 Å². The molecule has 2 aliphatic rings. The third-order valence-corrected chi connectivity index (χ3v) is 4.28. The Morgan fingerprint density at radius 2 is 1.81 bits per heavy atom. The number of benzene rings is 1. The van der Waals surface area contributed by atoms with Gasteiger partial charge in [-0.05, 0) is 43.2 Å². The Bertz CT molecular complexity index is 419. The summed E-state index contributed by atoms with van der Waals surface area (Å²) < 4.78 is 0. The summed E-state index contributed by atoms with van der Waals surface area (Å²) >= 11 is 0. The van der Waals surface area contributed by atoms with Gasteiger partial charge < -0.3 is 10.8 Å².